The van der Waals surface area contributed by atoms with Crippen molar-refractivity contribution in [1.82, 2.24) is 0 Å². The Morgan fingerprint density at radius 1 is 1.07 bits per heavy atom. The molecule has 6 atom stereocenters. The van der Waals surface area contributed by atoms with Crippen LogP contribution in [0.5, 0.6) is 0 Å². The summed E-state index contributed by atoms with van der Waals surface area (Å²) in [6, 6.07) is 0. The molecule has 0 heterocycles. The minimum absolute atomic E-state index is 0.0172. The maximum Gasteiger partial charge on any atom is 0.0571 e. The van der Waals surface area contributed by atoms with Crippen molar-refractivity contribution in [3.63, 3.8) is 0 Å². The zero-order valence-corrected chi connectivity index (χ0v) is 10.2. The minimum Gasteiger partial charge on any atom is -0.393 e. The molecule has 3 fully saturated rings. The molecule has 86 valence electrons. The van der Waals surface area contributed by atoms with Crippen molar-refractivity contribution < 1.29 is 5.11 Å². The molecule has 0 aliphatic heterocycles. The third-order valence-corrected chi connectivity index (χ3v) is 5.93. The lowest BCUT2D eigenvalue weighted by Crippen LogP contribution is -2.27. The summed E-state index contributed by atoms with van der Waals surface area (Å²) in [7, 11) is 0. The molecule has 0 bridgehead atoms. The van der Waals surface area contributed by atoms with E-state index in [1.165, 1.54) is 19.3 Å². The highest BCUT2D eigenvalue weighted by molar-refractivity contribution is 5.13. The summed E-state index contributed by atoms with van der Waals surface area (Å²) in [6.07, 6.45) is 5.00. The molecule has 1 nitrogen and oxygen atoms in total. The number of rotatable bonds is 0. The lowest BCUT2D eigenvalue weighted by Gasteiger charge is -2.27. The van der Waals surface area contributed by atoms with E-state index in [1.807, 2.05) is 0 Å². The Kier molecular flexibility index (Phi) is 2.03. The van der Waals surface area contributed by atoms with Crippen LogP contribution in [0.2, 0.25) is 0 Å². The molecule has 3 aliphatic rings. The van der Waals surface area contributed by atoms with E-state index in [2.05, 4.69) is 20.8 Å². The molecular weight excluding hydrogens is 184 g/mol. The molecule has 1 heteroatoms. The molecule has 0 spiro atoms. The van der Waals surface area contributed by atoms with E-state index in [4.69, 9.17) is 0 Å². The molecule has 1 N–H and O–H groups in total. The van der Waals surface area contributed by atoms with Crippen molar-refractivity contribution in [2.24, 2.45) is 35.0 Å². The van der Waals surface area contributed by atoms with Crippen molar-refractivity contribution in [1.29, 1.82) is 0 Å². The predicted molar refractivity (Wildman–Crippen MR) is 61.4 cm³/mol. The topological polar surface area (TPSA) is 20.2 Å². The Hall–Kier alpha value is -0.0400. The van der Waals surface area contributed by atoms with E-state index < -0.39 is 0 Å². The first kappa shape index (κ1) is 10.1. The van der Waals surface area contributed by atoms with Crippen LogP contribution in [0.3, 0.4) is 0 Å². The van der Waals surface area contributed by atoms with Gasteiger partial charge in [-0.1, -0.05) is 27.2 Å². The van der Waals surface area contributed by atoms with E-state index in [0.29, 0.717) is 11.3 Å². The average molecular weight is 208 g/mol. The predicted octanol–water partition coefficient (Wildman–Crippen LogP) is 3.08. The Labute approximate surface area is 93.3 Å². The van der Waals surface area contributed by atoms with Gasteiger partial charge in [0, 0.05) is 0 Å². The van der Waals surface area contributed by atoms with Crippen LogP contribution in [0, 0.1) is 35.0 Å². The van der Waals surface area contributed by atoms with Crippen molar-refractivity contribution in [3.8, 4) is 0 Å². The second-order valence-electron chi connectivity index (χ2n) is 6.89. The maximum atomic E-state index is 10.2. The summed E-state index contributed by atoms with van der Waals surface area (Å²) >= 11 is 0. The largest absolute Gasteiger partial charge is 0.393 e. The van der Waals surface area contributed by atoms with Gasteiger partial charge in [-0.2, -0.15) is 0 Å². The Morgan fingerprint density at radius 3 is 2.53 bits per heavy atom. The van der Waals surface area contributed by atoms with Gasteiger partial charge in [0.15, 0.2) is 0 Å². The summed E-state index contributed by atoms with van der Waals surface area (Å²) in [6.45, 7) is 7.30. The van der Waals surface area contributed by atoms with Crippen LogP contribution in [0.1, 0.15) is 46.5 Å². The van der Waals surface area contributed by atoms with Crippen LogP contribution >= 0.6 is 0 Å². The van der Waals surface area contributed by atoms with Gasteiger partial charge >= 0.3 is 0 Å². The average Bonchev–Trinajstić information content (AvgIpc) is 2.55. The van der Waals surface area contributed by atoms with Crippen molar-refractivity contribution in [2.75, 3.05) is 0 Å². The number of aliphatic hydroxyl groups is 1. The summed E-state index contributed by atoms with van der Waals surface area (Å²) < 4.78 is 0. The van der Waals surface area contributed by atoms with E-state index in [0.717, 1.165) is 30.1 Å². The fourth-order valence-corrected chi connectivity index (χ4v) is 5.00. The number of hydrogen-bond acceptors (Lipinski definition) is 1. The normalized spacial score (nSPS) is 56.8. The van der Waals surface area contributed by atoms with Gasteiger partial charge in [0.1, 0.15) is 0 Å². The zero-order valence-electron chi connectivity index (χ0n) is 10.2. The highest BCUT2D eigenvalue weighted by atomic mass is 16.3. The minimum atomic E-state index is 0.0172. The lowest BCUT2D eigenvalue weighted by atomic mass is 9.80. The van der Waals surface area contributed by atoms with Gasteiger partial charge in [0.25, 0.3) is 0 Å². The SMILES string of the molecule is C[C@@H]1CC[C@@H]2[C@@H]1[C@H]1[C@@H](CC[C@@H]2O)C1(C)C. The third kappa shape index (κ3) is 1.25. The Balaban J connectivity index is 1.90. The number of fused-ring (bicyclic) bond motifs is 3. The van der Waals surface area contributed by atoms with Gasteiger partial charge in [0.05, 0.1) is 6.10 Å². The first-order valence-corrected chi connectivity index (χ1v) is 6.71. The molecule has 3 rings (SSSR count). The van der Waals surface area contributed by atoms with Gasteiger partial charge in [0.2, 0.25) is 0 Å². The molecule has 0 amide bonds. The van der Waals surface area contributed by atoms with E-state index in [-0.39, 0.29) is 6.10 Å². The molecule has 0 unspecified atom stereocenters. The molecule has 0 aromatic rings. The molecule has 3 saturated carbocycles. The summed E-state index contributed by atoms with van der Waals surface area (Å²) in [5.41, 5.74) is 0.585. The second-order valence-corrected chi connectivity index (χ2v) is 6.89. The monoisotopic (exact) mass is 208 g/mol. The lowest BCUT2D eigenvalue weighted by molar-refractivity contribution is 0.0660. The second kappa shape index (κ2) is 3.00. The summed E-state index contributed by atoms with van der Waals surface area (Å²) in [5, 5.41) is 10.2. The van der Waals surface area contributed by atoms with Crippen LogP contribution in [-0.4, -0.2) is 11.2 Å². The van der Waals surface area contributed by atoms with Gasteiger partial charge in [-0.15, -0.1) is 0 Å². The van der Waals surface area contributed by atoms with Crippen LogP contribution < -0.4 is 0 Å². The first-order valence-electron chi connectivity index (χ1n) is 6.71. The number of aliphatic hydroxyl groups excluding tert-OH is 1. The molecule has 0 radical (unpaired) electrons. The molecule has 0 aromatic heterocycles. The van der Waals surface area contributed by atoms with Crippen molar-refractivity contribution >= 4 is 0 Å². The number of hydrogen-bond donors (Lipinski definition) is 1. The molecule has 0 saturated heterocycles. The van der Waals surface area contributed by atoms with Crippen LogP contribution in [0.15, 0.2) is 0 Å². The standard InChI is InChI=1S/C14H24O/c1-8-4-5-9-11(15)7-6-10-13(12(8)9)14(10,2)3/h8-13,15H,4-7H2,1-3H3/t8-,9+,10-,11+,12-,13-/m1/s1. The van der Waals surface area contributed by atoms with Gasteiger partial charge in [-0.05, 0) is 54.3 Å². The smallest absolute Gasteiger partial charge is 0.0571 e. The van der Waals surface area contributed by atoms with Crippen LogP contribution in [0.25, 0.3) is 0 Å². The zero-order chi connectivity index (χ0) is 10.8. The highest BCUT2D eigenvalue weighted by Crippen LogP contribution is 2.69. The molecular formula is C14H24O. The molecule has 3 aliphatic carbocycles. The summed E-state index contributed by atoms with van der Waals surface area (Å²) in [4.78, 5) is 0. The van der Waals surface area contributed by atoms with Crippen LogP contribution in [-0.2, 0) is 0 Å². The van der Waals surface area contributed by atoms with Gasteiger partial charge < -0.3 is 5.11 Å². The van der Waals surface area contributed by atoms with Crippen molar-refractivity contribution in [3.05, 3.63) is 0 Å². The fourth-order valence-electron chi connectivity index (χ4n) is 5.00. The van der Waals surface area contributed by atoms with Crippen LogP contribution in [0.4, 0.5) is 0 Å². The molecule has 15 heavy (non-hydrogen) atoms. The third-order valence-electron chi connectivity index (χ3n) is 5.93. The fraction of sp³-hybridized carbons (Fsp3) is 1.00. The van der Waals surface area contributed by atoms with Gasteiger partial charge in [-0.3, -0.25) is 0 Å². The summed E-state index contributed by atoms with van der Waals surface area (Å²) in [5.74, 6) is 4.18. The Morgan fingerprint density at radius 2 is 1.80 bits per heavy atom. The van der Waals surface area contributed by atoms with E-state index in [9.17, 15) is 5.11 Å². The first-order chi connectivity index (χ1) is 7.03. The Bertz CT molecular complexity index is 271. The highest BCUT2D eigenvalue weighted by Gasteiger charge is 2.64. The van der Waals surface area contributed by atoms with Crippen molar-refractivity contribution in [2.45, 2.75) is 52.6 Å². The maximum absolute atomic E-state index is 10.2. The van der Waals surface area contributed by atoms with E-state index in [1.54, 1.807) is 0 Å². The molecule has 0 aromatic carbocycles. The quantitative estimate of drug-likeness (QED) is 0.648. The van der Waals surface area contributed by atoms with Gasteiger partial charge in [-0.25, -0.2) is 0 Å². The van der Waals surface area contributed by atoms with E-state index >= 15 is 0 Å².